The molecule has 0 aromatic heterocycles. The van der Waals surface area contributed by atoms with Gasteiger partial charge < -0.3 is 4.74 Å². The molecule has 14 heavy (non-hydrogen) atoms. The molecule has 5 heteroatoms. The van der Waals surface area contributed by atoms with Crippen molar-refractivity contribution in [3.05, 3.63) is 22.2 Å². The molecule has 0 fully saturated rings. The number of carbonyl (C=O) groups excluding carboxylic acids is 1. The molecule has 0 aliphatic carbocycles. The van der Waals surface area contributed by atoms with E-state index in [0.717, 1.165) is 0 Å². The summed E-state index contributed by atoms with van der Waals surface area (Å²) in [6.07, 6.45) is 1.41. The van der Waals surface area contributed by atoms with E-state index in [0.29, 0.717) is 28.1 Å². The fraction of sp³-hybridized carbons (Fsp3) is 0.222. The molecule has 0 N–H and O–H groups in total. The Morgan fingerprint density at radius 3 is 2.71 bits per heavy atom. The maximum atomic E-state index is 10.1. The van der Waals surface area contributed by atoms with E-state index in [1.807, 2.05) is 6.92 Å². The fourth-order valence-corrected chi connectivity index (χ4v) is 1.40. The third-order valence-corrected chi connectivity index (χ3v) is 2.07. The van der Waals surface area contributed by atoms with Gasteiger partial charge in [0.2, 0.25) is 6.08 Å². The Morgan fingerprint density at radius 2 is 2.14 bits per heavy atom. The smallest absolute Gasteiger partial charge is 0.240 e. The van der Waals surface area contributed by atoms with Gasteiger partial charge in [-0.15, -0.1) is 0 Å². The Balaban J connectivity index is 3.19. The Labute approximate surface area is 91.3 Å². The molecule has 0 aliphatic rings. The van der Waals surface area contributed by atoms with Gasteiger partial charge >= 0.3 is 0 Å². The van der Waals surface area contributed by atoms with Crippen LogP contribution >= 0.6 is 23.2 Å². The summed E-state index contributed by atoms with van der Waals surface area (Å²) in [7, 11) is 0. The number of halogens is 2. The molecule has 0 amide bonds. The van der Waals surface area contributed by atoms with Crippen molar-refractivity contribution in [2.75, 3.05) is 6.61 Å². The van der Waals surface area contributed by atoms with Crippen molar-refractivity contribution >= 4 is 35.0 Å². The van der Waals surface area contributed by atoms with Gasteiger partial charge in [-0.1, -0.05) is 23.2 Å². The number of rotatable bonds is 3. The number of ether oxygens (including phenoxy) is 1. The zero-order valence-corrected chi connectivity index (χ0v) is 8.89. The summed E-state index contributed by atoms with van der Waals surface area (Å²) in [4.78, 5) is 13.5. The summed E-state index contributed by atoms with van der Waals surface area (Å²) < 4.78 is 5.20. The van der Waals surface area contributed by atoms with Crippen LogP contribution in [0.3, 0.4) is 0 Å². The van der Waals surface area contributed by atoms with Crippen LogP contribution in [0.15, 0.2) is 17.1 Å². The SMILES string of the molecule is CCOc1cc(N=C=O)c(Cl)cc1Cl. The molecular weight excluding hydrogens is 225 g/mol. The minimum atomic E-state index is 0.293. The highest BCUT2D eigenvalue weighted by molar-refractivity contribution is 6.37. The average Bonchev–Trinajstić information content (AvgIpc) is 2.14. The van der Waals surface area contributed by atoms with E-state index >= 15 is 0 Å². The largest absolute Gasteiger partial charge is 0.492 e. The molecule has 1 aromatic rings. The van der Waals surface area contributed by atoms with Gasteiger partial charge in [0, 0.05) is 6.07 Å². The van der Waals surface area contributed by atoms with Crippen molar-refractivity contribution in [1.82, 2.24) is 0 Å². The van der Waals surface area contributed by atoms with Gasteiger partial charge in [0.05, 0.1) is 22.3 Å². The summed E-state index contributed by atoms with van der Waals surface area (Å²) in [6.45, 7) is 2.30. The number of benzene rings is 1. The van der Waals surface area contributed by atoms with Crippen LogP contribution in [0.2, 0.25) is 10.0 Å². The highest BCUT2D eigenvalue weighted by Crippen LogP contribution is 2.35. The predicted molar refractivity (Wildman–Crippen MR) is 55.4 cm³/mol. The lowest BCUT2D eigenvalue weighted by Crippen LogP contribution is -1.91. The molecule has 3 nitrogen and oxygen atoms in total. The third kappa shape index (κ3) is 2.48. The highest BCUT2D eigenvalue weighted by atomic mass is 35.5. The normalized spacial score (nSPS) is 9.36. The molecule has 0 bridgehead atoms. The third-order valence-electron chi connectivity index (χ3n) is 1.47. The van der Waals surface area contributed by atoms with Crippen LogP contribution in [0.4, 0.5) is 5.69 Å². The lowest BCUT2D eigenvalue weighted by Gasteiger charge is -2.06. The van der Waals surface area contributed by atoms with E-state index < -0.39 is 0 Å². The van der Waals surface area contributed by atoms with E-state index in [9.17, 15) is 4.79 Å². The second-order valence-electron chi connectivity index (χ2n) is 2.37. The van der Waals surface area contributed by atoms with Crippen LogP contribution < -0.4 is 4.74 Å². The number of aliphatic imine (C=N–C) groups is 1. The first-order valence-electron chi connectivity index (χ1n) is 3.88. The van der Waals surface area contributed by atoms with E-state index in [4.69, 9.17) is 27.9 Å². The summed E-state index contributed by atoms with van der Waals surface area (Å²) in [5.41, 5.74) is 0.300. The van der Waals surface area contributed by atoms with Gasteiger partial charge in [0.15, 0.2) is 0 Å². The summed E-state index contributed by atoms with van der Waals surface area (Å²) >= 11 is 11.6. The molecule has 0 atom stereocenters. The Morgan fingerprint density at radius 1 is 1.43 bits per heavy atom. The van der Waals surface area contributed by atoms with Crippen molar-refractivity contribution in [2.45, 2.75) is 6.92 Å². The van der Waals surface area contributed by atoms with Crippen LogP contribution in [-0.4, -0.2) is 12.7 Å². The van der Waals surface area contributed by atoms with Gasteiger partial charge in [-0.3, -0.25) is 0 Å². The Hall–Kier alpha value is -1.02. The Kier molecular flexibility index (Phi) is 3.96. The minimum Gasteiger partial charge on any atom is -0.492 e. The topological polar surface area (TPSA) is 38.7 Å². The van der Waals surface area contributed by atoms with Crippen LogP contribution in [0, 0.1) is 0 Å². The fourth-order valence-electron chi connectivity index (χ4n) is 0.919. The van der Waals surface area contributed by atoms with E-state index in [2.05, 4.69) is 4.99 Å². The van der Waals surface area contributed by atoms with E-state index in [-0.39, 0.29) is 0 Å². The maximum Gasteiger partial charge on any atom is 0.240 e. The molecule has 0 radical (unpaired) electrons. The zero-order chi connectivity index (χ0) is 10.6. The first-order chi connectivity index (χ1) is 6.69. The monoisotopic (exact) mass is 231 g/mol. The number of nitrogens with zero attached hydrogens (tertiary/aromatic N) is 1. The van der Waals surface area contributed by atoms with Crippen LogP contribution in [0.25, 0.3) is 0 Å². The van der Waals surface area contributed by atoms with Crippen LogP contribution in [-0.2, 0) is 4.79 Å². The molecular formula is C9H7Cl2NO2. The number of isocyanates is 1. The number of hydrogen-bond donors (Lipinski definition) is 0. The molecule has 0 spiro atoms. The zero-order valence-electron chi connectivity index (χ0n) is 7.38. The first kappa shape index (κ1) is 11.1. The van der Waals surface area contributed by atoms with Crippen molar-refractivity contribution in [1.29, 1.82) is 0 Å². The average molecular weight is 232 g/mol. The van der Waals surface area contributed by atoms with Gasteiger partial charge in [-0.25, -0.2) is 4.79 Å². The van der Waals surface area contributed by atoms with Crippen molar-refractivity contribution in [3.8, 4) is 5.75 Å². The molecule has 1 aromatic carbocycles. The van der Waals surface area contributed by atoms with Gasteiger partial charge in [-0.2, -0.15) is 4.99 Å². The minimum absolute atomic E-state index is 0.293. The van der Waals surface area contributed by atoms with Crippen molar-refractivity contribution in [3.63, 3.8) is 0 Å². The lowest BCUT2D eigenvalue weighted by atomic mass is 10.3. The summed E-state index contributed by atoms with van der Waals surface area (Å²) in [5.74, 6) is 0.451. The number of hydrogen-bond acceptors (Lipinski definition) is 3. The lowest BCUT2D eigenvalue weighted by molar-refractivity contribution is 0.340. The summed E-state index contributed by atoms with van der Waals surface area (Å²) in [6, 6.07) is 2.98. The molecule has 0 saturated carbocycles. The van der Waals surface area contributed by atoms with E-state index in [1.165, 1.54) is 18.2 Å². The van der Waals surface area contributed by atoms with Crippen LogP contribution in [0.5, 0.6) is 5.75 Å². The van der Waals surface area contributed by atoms with Crippen molar-refractivity contribution in [2.24, 2.45) is 4.99 Å². The Bertz CT molecular complexity index is 387. The highest BCUT2D eigenvalue weighted by Gasteiger charge is 2.07. The molecule has 0 heterocycles. The van der Waals surface area contributed by atoms with E-state index in [1.54, 1.807) is 0 Å². The molecule has 1 rings (SSSR count). The second kappa shape index (κ2) is 5.01. The molecule has 0 saturated heterocycles. The standard InChI is InChI=1S/C9H7Cl2NO2/c1-2-14-9-4-8(12-5-13)6(10)3-7(9)11/h3-4H,2H2,1H3. The quantitative estimate of drug-likeness (QED) is 0.592. The van der Waals surface area contributed by atoms with Gasteiger partial charge in [-0.05, 0) is 13.0 Å². The van der Waals surface area contributed by atoms with Gasteiger partial charge in [0.1, 0.15) is 5.75 Å². The van der Waals surface area contributed by atoms with Gasteiger partial charge in [0.25, 0.3) is 0 Å². The maximum absolute atomic E-state index is 10.1. The van der Waals surface area contributed by atoms with Crippen molar-refractivity contribution < 1.29 is 9.53 Å². The molecule has 0 aliphatic heterocycles. The molecule has 0 unspecified atom stereocenters. The predicted octanol–water partition coefficient (Wildman–Crippen LogP) is 3.36. The second-order valence-corrected chi connectivity index (χ2v) is 3.18. The summed E-state index contributed by atoms with van der Waals surface area (Å²) in [5, 5.41) is 0.684. The van der Waals surface area contributed by atoms with Crippen LogP contribution in [0.1, 0.15) is 6.92 Å². The molecule has 74 valence electrons. The first-order valence-corrected chi connectivity index (χ1v) is 4.64.